The van der Waals surface area contributed by atoms with E-state index in [1.165, 1.54) is 0 Å². The lowest BCUT2D eigenvalue weighted by Crippen LogP contribution is -2.54. The van der Waals surface area contributed by atoms with Crippen molar-refractivity contribution in [2.75, 3.05) is 5.75 Å². The van der Waals surface area contributed by atoms with Crippen molar-refractivity contribution in [2.45, 2.75) is 36.4 Å². The first-order chi connectivity index (χ1) is 17.4. The van der Waals surface area contributed by atoms with E-state index in [1.807, 2.05) is 66.7 Å². The molecular weight excluding hydrogens is 478 g/mol. The standard InChI is InChI=1S/C27H29N3O5S/c28-25(31)23(16-17-36(34)22-14-8-3-9-15-22)29-26(32)24(18-20-10-4-1-5-11-20)30-27(33)35-19-21-12-6-2-7-13-21/h1-15,23-24H,16-19H2,(H2,28,31)(H,29,32)(H,30,33)/t23-,24+,36-/m0/s1. The van der Waals surface area contributed by atoms with E-state index in [-0.39, 0.29) is 25.2 Å². The number of benzene rings is 3. The van der Waals surface area contributed by atoms with Gasteiger partial charge in [0.15, 0.2) is 0 Å². The first-order valence-electron chi connectivity index (χ1n) is 11.5. The molecule has 188 valence electrons. The molecule has 3 atom stereocenters. The fraction of sp³-hybridized carbons (Fsp3) is 0.222. The van der Waals surface area contributed by atoms with Gasteiger partial charge in [0.1, 0.15) is 18.7 Å². The summed E-state index contributed by atoms with van der Waals surface area (Å²) in [4.78, 5) is 38.3. The van der Waals surface area contributed by atoms with Gasteiger partial charge in [0.2, 0.25) is 11.8 Å². The fourth-order valence-electron chi connectivity index (χ4n) is 3.44. The van der Waals surface area contributed by atoms with Crippen LogP contribution in [0, 0.1) is 0 Å². The molecule has 3 aromatic carbocycles. The zero-order valence-corrected chi connectivity index (χ0v) is 20.5. The molecular formula is C27H29N3O5S. The highest BCUT2D eigenvalue weighted by molar-refractivity contribution is 7.85. The van der Waals surface area contributed by atoms with Crippen LogP contribution in [0.3, 0.4) is 0 Å². The molecule has 8 nitrogen and oxygen atoms in total. The topological polar surface area (TPSA) is 128 Å². The number of nitrogens with one attached hydrogen (secondary N) is 2. The number of amides is 3. The Bertz CT molecular complexity index is 1160. The third-order valence-corrected chi connectivity index (χ3v) is 6.77. The van der Waals surface area contributed by atoms with Crippen LogP contribution in [0.2, 0.25) is 0 Å². The van der Waals surface area contributed by atoms with Gasteiger partial charge in [-0.2, -0.15) is 0 Å². The monoisotopic (exact) mass is 507 g/mol. The second-order valence-corrected chi connectivity index (χ2v) is 9.63. The maximum atomic E-state index is 13.1. The molecule has 0 aliphatic carbocycles. The second-order valence-electron chi connectivity index (χ2n) is 8.06. The number of hydrogen-bond acceptors (Lipinski definition) is 5. The maximum absolute atomic E-state index is 13.1. The van der Waals surface area contributed by atoms with E-state index in [4.69, 9.17) is 10.5 Å². The van der Waals surface area contributed by atoms with Gasteiger partial charge < -0.3 is 21.1 Å². The molecule has 0 saturated carbocycles. The Morgan fingerprint density at radius 2 is 1.33 bits per heavy atom. The van der Waals surface area contributed by atoms with E-state index < -0.39 is 40.8 Å². The van der Waals surface area contributed by atoms with Crippen molar-refractivity contribution in [3.05, 3.63) is 102 Å². The van der Waals surface area contributed by atoms with Gasteiger partial charge in [-0.3, -0.25) is 13.8 Å². The van der Waals surface area contributed by atoms with Gasteiger partial charge in [0.25, 0.3) is 0 Å². The first-order valence-corrected chi connectivity index (χ1v) is 12.8. The number of rotatable bonds is 12. The van der Waals surface area contributed by atoms with E-state index in [0.29, 0.717) is 4.90 Å². The van der Waals surface area contributed by atoms with Crippen molar-refractivity contribution in [1.29, 1.82) is 0 Å². The summed E-state index contributed by atoms with van der Waals surface area (Å²) in [5, 5.41) is 5.19. The first kappa shape index (κ1) is 26.6. The molecule has 0 radical (unpaired) electrons. The Hall–Kier alpha value is -3.98. The summed E-state index contributed by atoms with van der Waals surface area (Å²) in [6.45, 7) is 0.0432. The maximum Gasteiger partial charge on any atom is 0.408 e. The number of hydrogen-bond donors (Lipinski definition) is 3. The highest BCUT2D eigenvalue weighted by Gasteiger charge is 2.27. The van der Waals surface area contributed by atoms with Gasteiger partial charge in [-0.15, -0.1) is 0 Å². The van der Waals surface area contributed by atoms with Crippen LogP contribution in [0.15, 0.2) is 95.9 Å². The van der Waals surface area contributed by atoms with Gasteiger partial charge in [-0.25, -0.2) is 4.79 Å². The third kappa shape index (κ3) is 8.66. The molecule has 9 heteroatoms. The van der Waals surface area contributed by atoms with E-state index in [2.05, 4.69) is 10.6 Å². The molecule has 3 rings (SSSR count). The molecule has 0 saturated heterocycles. The van der Waals surface area contributed by atoms with Gasteiger partial charge in [-0.05, 0) is 29.7 Å². The largest absolute Gasteiger partial charge is 0.445 e. The molecule has 3 aromatic rings. The Balaban J connectivity index is 1.64. The van der Waals surface area contributed by atoms with E-state index >= 15 is 0 Å². The number of nitrogens with two attached hydrogens (primary N) is 1. The van der Waals surface area contributed by atoms with E-state index in [9.17, 15) is 18.6 Å². The summed E-state index contributed by atoms with van der Waals surface area (Å²) < 4.78 is 17.8. The smallest absolute Gasteiger partial charge is 0.408 e. The van der Waals surface area contributed by atoms with Crippen LogP contribution in [0.25, 0.3) is 0 Å². The van der Waals surface area contributed by atoms with Gasteiger partial charge in [0.05, 0.1) is 10.8 Å². The van der Waals surface area contributed by atoms with E-state index in [1.54, 1.807) is 24.3 Å². The summed E-state index contributed by atoms with van der Waals surface area (Å²) in [7, 11) is -1.36. The predicted molar refractivity (Wildman–Crippen MR) is 137 cm³/mol. The number of ether oxygens (including phenoxy) is 1. The molecule has 0 bridgehead atoms. The zero-order chi connectivity index (χ0) is 25.8. The highest BCUT2D eigenvalue weighted by Crippen LogP contribution is 2.09. The Labute approximate surface area is 212 Å². The Kier molecular flexibility index (Phi) is 10.2. The summed E-state index contributed by atoms with van der Waals surface area (Å²) in [5.41, 5.74) is 7.12. The Morgan fingerprint density at radius 1 is 0.778 bits per heavy atom. The summed E-state index contributed by atoms with van der Waals surface area (Å²) >= 11 is 0. The normalized spacial score (nSPS) is 13.1. The molecule has 0 heterocycles. The highest BCUT2D eigenvalue weighted by atomic mass is 32.2. The molecule has 0 spiro atoms. The van der Waals surface area contributed by atoms with Crippen LogP contribution in [0.5, 0.6) is 0 Å². The molecule has 0 fully saturated rings. The number of alkyl carbamates (subject to hydrolysis) is 1. The van der Waals surface area contributed by atoms with Gasteiger partial charge in [-0.1, -0.05) is 78.9 Å². The van der Waals surface area contributed by atoms with E-state index in [0.717, 1.165) is 11.1 Å². The van der Waals surface area contributed by atoms with Crippen molar-refractivity contribution in [1.82, 2.24) is 10.6 Å². The zero-order valence-electron chi connectivity index (χ0n) is 19.7. The average Bonchev–Trinajstić information content (AvgIpc) is 2.90. The fourth-order valence-corrected chi connectivity index (χ4v) is 4.59. The van der Waals surface area contributed by atoms with Crippen LogP contribution in [-0.4, -0.2) is 40.0 Å². The lowest BCUT2D eigenvalue weighted by atomic mass is 10.0. The molecule has 0 aliphatic heterocycles. The molecule has 3 amide bonds. The van der Waals surface area contributed by atoms with Crippen molar-refractivity contribution < 1.29 is 23.3 Å². The van der Waals surface area contributed by atoms with Crippen LogP contribution >= 0.6 is 0 Å². The van der Waals surface area contributed by atoms with Crippen LogP contribution in [-0.2, 0) is 38.2 Å². The number of carbonyl (C=O) groups is 3. The minimum Gasteiger partial charge on any atom is -0.445 e. The summed E-state index contributed by atoms with van der Waals surface area (Å²) in [6, 6.07) is 25.1. The van der Waals surface area contributed by atoms with Crippen LogP contribution in [0.4, 0.5) is 4.79 Å². The second kappa shape index (κ2) is 13.8. The summed E-state index contributed by atoms with van der Waals surface area (Å²) in [5.74, 6) is -1.21. The van der Waals surface area contributed by atoms with Crippen LogP contribution in [0.1, 0.15) is 17.5 Å². The molecule has 0 aromatic heterocycles. The number of primary amides is 1. The van der Waals surface area contributed by atoms with Crippen LogP contribution < -0.4 is 16.4 Å². The molecule has 4 N–H and O–H groups in total. The number of carbonyl (C=O) groups excluding carboxylic acids is 3. The van der Waals surface area contributed by atoms with Crippen molar-refractivity contribution >= 4 is 28.7 Å². The SMILES string of the molecule is NC(=O)[C@H](CC[S@](=O)c1ccccc1)NC(=O)[C@@H](Cc1ccccc1)NC(=O)OCc1ccccc1. The molecule has 0 unspecified atom stereocenters. The lowest BCUT2D eigenvalue weighted by molar-refractivity contribution is -0.128. The molecule has 36 heavy (non-hydrogen) atoms. The minimum atomic E-state index is -1.36. The van der Waals surface area contributed by atoms with Crippen molar-refractivity contribution in [3.63, 3.8) is 0 Å². The van der Waals surface area contributed by atoms with Gasteiger partial charge >= 0.3 is 6.09 Å². The third-order valence-electron chi connectivity index (χ3n) is 5.36. The average molecular weight is 508 g/mol. The van der Waals surface area contributed by atoms with Gasteiger partial charge in [0, 0.05) is 17.1 Å². The quantitative estimate of drug-likeness (QED) is 0.347. The molecule has 0 aliphatic rings. The van der Waals surface area contributed by atoms with Crippen molar-refractivity contribution in [3.8, 4) is 0 Å². The summed E-state index contributed by atoms with van der Waals surface area (Å²) in [6.07, 6.45) is -0.510. The lowest BCUT2D eigenvalue weighted by Gasteiger charge is -2.22. The van der Waals surface area contributed by atoms with Crippen molar-refractivity contribution in [2.24, 2.45) is 5.73 Å². The minimum absolute atomic E-state index is 0.0432. The Morgan fingerprint density at radius 3 is 1.92 bits per heavy atom. The predicted octanol–water partition coefficient (Wildman–Crippen LogP) is 2.69.